The highest BCUT2D eigenvalue weighted by Crippen LogP contribution is 2.36. The Bertz CT molecular complexity index is 1380. The zero-order chi connectivity index (χ0) is 22.7. The van der Waals surface area contributed by atoms with Gasteiger partial charge in [0.25, 0.3) is 0 Å². The fraction of sp³-hybridized carbons (Fsp3) is 0.0833. The van der Waals surface area contributed by atoms with Gasteiger partial charge in [0.05, 0.1) is 27.3 Å². The Morgan fingerprint density at radius 3 is 2.81 bits per heavy atom. The average molecular weight is 560 g/mol. The number of fused-ring (bicyclic) bond motifs is 1. The molecule has 0 saturated heterocycles. The largest absolute Gasteiger partial charge is 0.493 e. The summed E-state index contributed by atoms with van der Waals surface area (Å²) < 4.78 is 25.8. The van der Waals surface area contributed by atoms with Gasteiger partial charge in [-0.25, -0.2) is 9.37 Å². The van der Waals surface area contributed by atoms with Crippen molar-refractivity contribution in [2.45, 2.75) is 6.61 Å². The number of ether oxygens (including phenoxy) is 2. The Labute approximate surface area is 202 Å². The highest BCUT2D eigenvalue weighted by molar-refractivity contribution is 14.1. The second kappa shape index (κ2) is 9.59. The van der Waals surface area contributed by atoms with E-state index in [1.165, 1.54) is 12.1 Å². The van der Waals surface area contributed by atoms with Gasteiger partial charge in [-0.1, -0.05) is 29.8 Å². The monoisotopic (exact) mass is 559 g/mol. The first-order chi connectivity index (χ1) is 15.5. The fourth-order valence-corrected chi connectivity index (χ4v) is 4.13. The number of nitriles is 1. The number of hydrogen-bond donors (Lipinski definition) is 1. The fourth-order valence-electron chi connectivity index (χ4n) is 3.16. The van der Waals surface area contributed by atoms with Crippen LogP contribution in [-0.2, 0) is 6.61 Å². The molecule has 160 valence electrons. The van der Waals surface area contributed by atoms with Gasteiger partial charge in [0.1, 0.15) is 24.3 Å². The van der Waals surface area contributed by atoms with Crippen LogP contribution in [0.5, 0.6) is 11.5 Å². The molecule has 1 N–H and O–H groups in total. The molecule has 1 heterocycles. The molecule has 1 aromatic heterocycles. The number of benzene rings is 3. The molecule has 0 atom stereocenters. The molecule has 0 radical (unpaired) electrons. The summed E-state index contributed by atoms with van der Waals surface area (Å²) >= 11 is 8.38. The van der Waals surface area contributed by atoms with Gasteiger partial charge in [-0.3, -0.25) is 0 Å². The molecule has 32 heavy (non-hydrogen) atoms. The Morgan fingerprint density at radius 2 is 2.06 bits per heavy atom. The molecule has 0 aliphatic carbocycles. The first kappa shape index (κ1) is 22.1. The zero-order valence-electron chi connectivity index (χ0n) is 16.8. The summed E-state index contributed by atoms with van der Waals surface area (Å²) in [5.74, 6) is 1.10. The number of allylic oxidation sites excluding steroid dienone is 1. The van der Waals surface area contributed by atoms with Crippen molar-refractivity contribution in [3.8, 4) is 17.6 Å². The molecule has 3 aromatic carbocycles. The summed E-state index contributed by atoms with van der Waals surface area (Å²) in [6.45, 7) is 0.292. The first-order valence-electron chi connectivity index (χ1n) is 9.49. The van der Waals surface area contributed by atoms with Crippen molar-refractivity contribution >= 4 is 56.9 Å². The lowest BCUT2D eigenvalue weighted by molar-refractivity contribution is 0.282. The molecular weight excluding hydrogens is 544 g/mol. The quantitative estimate of drug-likeness (QED) is 0.213. The van der Waals surface area contributed by atoms with Crippen LogP contribution in [0.2, 0.25) is 5.02 Å². The van der Waals surface area contributed by atoms with Gasteiger partial charge >= 0.3 is 0 Å². The van der Waals surface area contributed by atoms with Crippen molar-refractivity contribution in [2.75, 3.05) is 7.11 Å². The minimum atomic E-state index is -0.373. The van der Waals surface area contributed by atoms with Crippen molar-refractivity contribution in [1.29, 1.82) is 5.26 Å². The predicted octanol–water partition coefficient (Wildman–Crippen LogP) is 6.61. The lowest BCUT2D eigenvalue weighted by atomic mass is 10.1. The molecule has 0 fully saturated rings. The Hall–Kier alpha value is -3.09. The third-order valence-corrected chi connectivity index (χ3v) is 5.88. The van der Waals surface area contributed by atoms with Crippen molar-refractivity contribution < 1.29 is 13.9 Å². The van der Waals surface area contributed by atoms with Gasteiger partial charge < -0.3 is 14.5 Å². The van der Waals surface area contributed by atoms with Crippen LogP contribution in [0.1, 0.15) is 17.0 Å². The minimum Gasteiger partial charge on any atom is -0.493 e. The van der Waals surface area contributed by atoms with E-state index in [0.29, 0.717) is 45.6 Å². The van der Waals surface area contributed by atoms with Crippen LogP contribution in [-0.4, -0.2) is 17.1 Å². The van der Waals surface area contributed by atoms with Gasteiger partial charge in [-0.05, 0) is 70.6 Å². The topological polar surface area (TPSA) is 70.9 Å². The van der Waals surface area contributed by atoms with E-state index in [1.807, 2.05) is 30.3 Å². The van der Waals surface area contributed by atoms with Crippen LogP contribution in [0.25, 0.3) is 22.7 Å². The number of imidazole rings is 1. The number of aromatic nitrogens is 2. The second-order valence-electron chi connectivity index (χ2n) is 6.83. The third kappa shape index (κ3) is 4.71. The summed E-state index contributed by atoms with van der Waals surface area (Å²) in [7, 11) is 1.56. The van der Waals surface area contributed by atoms with Crippen LogP contribution in [0.3, 0.4) is 0 Å². The number of nitrogens with zero attached hydrogens (tertiary/aromatic N) is 2. The lowest BCUT2D eigenvalue weighted by Crippen LogP contribution is -2.00. The van der Waals surface area contributed by atoms with E-state index in [4.69, 9.17) is 21.1 Å². The predicted molar refractivity (Wildman–Crippen MR) is 131 cm³/mol. The Balaban J connectivity index is 1.65. The second-order valence-corrected chi connectivity index (χ2v) is 8.40. The molecule has 5 nitrogen and oxygen atoms in total. The van der Waals surface area contributed by atoms with Gasteiger partial charge in [-0.2, -0.15) is 5.26 Å². The van der Waals surface area contributed by atoms with E-state index < -0.39 is 0 Å². The van der Waals surface area contributed by atoms with Gasteiger partial charge in [0, 0.05) is 10.6 Å². The number of nitrogens with one attached hydrogen (secondary N) is 1. The molecule has 0 amide bonds. The molecule has 0 saturated carbocycles. The van der Waals surface area contributed by atoms with Gasteiger partial charge in [0.15, 0.2) is 11.5 Å². The van der Waals surface area contributed by atoms with E-state index >= 15 is 0 Å². The number of halogens is 3. The number of methoxy groups -OCH3 is 1. The smallest absolute Gasteiger partial charge is 0.174 e. The highest BCUT2D eigenvalue weighted by Gasteiger charge is 2.14. The maximum atomic E-state index is 13.5. The van der Waals surface area contributed by atoms with Crippen molar-refractivity contribution in [2.24, 2.45) is 0 Å². The number of rotatable bonds is 6. The summed E-state index contributed by atoms with van der Waals surface area (Å²) in [6.07, 6.45) is 1.69. The normalized spacial score (nSPS) is 11.4. The molecule has 0 spiro atoms. The van der Waals surface area contributed by atoms with E-state index in [1.54, 1.807) is 25.3 Å². The van der Waals surface area contributed by atoms with Crippen LogP contribution < -0.4 is 9.47 Å². The van der Waals surface area contributed by atoms with Crippen LogP contribution in [0.15, 0.2) is 54.6 Å². The first-order valence-corrected chi connectivity index (χ1v) is 11.0. The molecule has 0 bridgehead atoms. The van der Waals surface area contributed by atoms with Crippen molar-refractivity contribution in [3.63, 3.8) is 0 Å². The van der Waals surface area contributed by atoms with E-state index in [2.05, 4.69) is 38.6 Å². The number of hydrogen-bond acceptors (Lipinski definition) is 4. The summed E-state index contributed by atoms with van der Waals surface area (Å²) in [4.78, 5) is 7.39. The average Bonchev–Trinajstić information content (AvgIpc) is 3.20. The van der Waals surface area contributed by atoms with E-state index in [-0.39, 0.29) is 5.82 Å². The molecular formula is C24H16ClFIN3O2. The highest BCUT2D eigenvalue weighted by atomic mass is 127. The van der Waals surface area contributed by atoms with Crippen LogP contribution in [0, 0.1) is 20.7 Å². The standard InChI is InChI=1S/C24H16ClFIN3O2/c1-31-22-10-14(9-19(27)23(22)32-13-15-4-2-3-5-18(15)25)8-16(12-28)24-29-20-7-6-17(26)11-21(20)30-24/h2-11H,13H2,1H3,(H,29,30)/b16-8-. The molecule has 0 unspecified atom stereocenters. The maximum Gasteiger partial charge on any atom is 0.174 e. The van der Waals surface area contributed by atoms with Crippen molar-refractivity contribution in [1.82, 2.24) is 9.97 Å². The number of aromatic amines is 1. The summed E-state index contributed by atoms with van der Waals surface area (Å²) in [5, 5.41) is 10.3. The molecule has 8 heteroatoms. The van der Waals surface area contributed by atoms with Crippen LogP contribution in [0.4, 0.5) is 4.39 Å². The van der Waals surface area contributed by atoms with Gasteiger partial charge in [-0.15, -0.1) is 0 Å². The minimum absolute atomic E-state index is 0.292. The maximum absolute atomic E-state index is 13.5. The molecule has 0 aliphatic heterocycles. The Morgan fingerprint density at radius 1 is 1.25 bits per heavy atom. The zero-order valence-corrected chi connectivity index (χ0v) is 19.7. The summed E-state index contributed by atoms with van der Waals surface area (Å²) in [5.41, 5.74) is 3.02. The van der Waals surface area contributed by atoms with E-state index in [9.17, 15) is 9.65 Å². The SMILES string of the molecule is COc1cc(/C=C(/C#N)c2nc3ccc(F)cc3[nH]2)cc(I)c1OCc1ccccc1Cl. The molecule has 0 aliphatic rings. The third-order valence-electron chi connectivity index (χ3n) is 4.71. The lowest BCUT2D eigenvalue weighted by Gasteiger charge is -2.14. The van der Waals surface area contributed by atoms with E-state index in [0.717, 1.165) is 14.7 Å². The number of H-pyrrole nitrogens is 1. The summed E-state index contributed by atoms with van der Waals surface area (Å²) in [6, 6.07) is 17.5. The Kier molecular flexibility index (Phi) is 6.63. The van der Waals surface area contributed by atoms with Crippen molar-refractivity contribution in [3.05, 3.63) is 86.0 Å². The molecule has 4 rings (SSSR count). The van der Waals surface area contributed by atoms with Crippen LogP contribution >= 0.6 is 34.2 Å². The molecule has 4 aromatic rings. The van der Waals surface area contributed by atoms with Gasteiger partial charge in [0.2, 0.25) is 0 Å².